The van der Waals surface area contributed by atoms with Crippen molar-refractivity contribution < 1.29 is 13.7 Å². The maximum atomic E-state index is 13.7. The number of nitrogens with zero attached hydrogens (tertiary/aromatic N) is 2. The SMILES string of the molecule is O=C1S[C@@H](c2ccccc2)CN1c1noc2c(F)cccc12. The van der Waals surface area contributed by atoms with Crippen LogP contribution >= 0.6 is 11.8 Å². The molecule has 1 amide bonds. The van der Waals surface area contributed by atoms with Crippen molar-refractivity contribution in [2.75, 3.05) is 11.4 Å². The number of carbonyl (C=O) groups is 1. The molecule has 1 fully saturated rings. The monoisotopic (exact) mass is 314 g/mol. The van der Waals surface area contributed by atoms with Crippen LogP contribution in [0.4, 0.5) is 15.0 Å². The Kier molecular flexibility index (Phi) is 3.11. The van der Waals surface area contributed by atoms with Crippen molar-refractivity contribution in [1.29, 1.82) is 0 Å². The fraction of sp³-hybridized carbons (Fsp3) is 0.125. The van der Waals surface area contributed by atoms with Gasteiger partial charge in [-0.25, -0.2) is 4.39 Å². The maximum absolute atomic E-state index is 13.7. The van der Waals surface area contributed by atoms with Gasteiger partial charge in [0.15, 0.2) is 11.6 Å². The van der Waals surface area contributed by atoms with Gasteiger partial charge in [0.1, 0.15) is 0 Å². The minimum atomic E-state index is -0.477. The van der Waals surface area contributed by atoms with Gasteiger partial charge >= 0.3 is 0 Å². The molecule has 6 heteroatoms. The summed E-state index contributed by atoms with van der Waals surface area (Å²) in [4.78, 5) is 13.8. The van der Waals surface area contributed by atoms with Gasteiger partial charge in [-0.05, 0) is 17.7 Å². The fourth-order valence-corrected chi connectivity index (χ4v) is 3.64. The summed E-state index contributed by atoms with van der Waals surface area (Å²) >= 11 is 1.25. The van der Waals surface area contributed by atoms with Gasteiger partial charge in [0.25, 0.3) is 5.24 Å². The third-order valence-electron chi connectivity index (χ3n) is 3.67. The Morgan fingerprint density at radius 2 is 2.00 bits per heavy atom. The van der Waals surface area contributed by atoms with Crippen molar-refractivity contribution in [2.24, 2.45) is 0 Å². The normalized spacial score (nSPS) is 18.3. The number of amides is 1. The van der Waals surface area contributed by atoms with E-state index in [2.05, 4.69) is 5.16 Å². The Balaban J connectivity index is 1.71. The Bertz CT molecular complexity index is 850. The van der Waals surface area contributed by atoms with E-state index in [-0.39, 0.29) is 16.1 Å². The molecule has 0 spiro atoms. The molecule has 4 rings (SSSR count). The van der Waals surface area contributed by atoms with E-state index < -0.39 is 5.82 Å². The van der Waals surface area contributed by atoms with E-state index in [1.54, 1.807) is 17.0 Å². The first-order chi connectivity index (χ1) is 10.7. The first kappa shape index (κ1) is 13.3. The lowest BCUT2D eigenvalue weighted by atomic mass is 10.1. The van der Waals surface area contributed by atoms with Crippen molar-refractivity contribution in [1.82, 2.24) is 5.16 Å². The highest BCUT2D eigenvalue weighted by molar-refractivity contribution is 8.14. The molecule has 110 valence electrons. The summed E-state index contributed by atoms with van der Waals surface area (Å²) in [6.07, 6.45) is 0. The van der Waals surface area contributed by atoms with Crippen LogP contribution in [0.5, 0.6) is 0 Å². The Morgan fingerprint density at radius 3 is 2.82 bits per heavy atom. The molecular weight excluding hydrogens is 303 g/mol. The Labute approximate surface area is 129 Å². The quantitative estimate of drug-likeness (QED) is 0.704. The molecule has 0 radical (unpaired) electrons. The lowest BCUT2D eigenvalue weighted by Gasteiger charge is -2.12. The number of carbonyl (C=O) groups excluding carboxylic acids is 1. The maximum Gasteiger partial charge on any atom is 0.288 e. The standard InChI is InChI=1S/C16H11FN2O2S/c17-12-8-4-7-11-14(12)21-18-15(11)19-9-13(22-16(19)20)10-5-2-1-3-6-10/h1-8,13H,9H2/t13-/m1/s1. The second kappa shape index (κ2) is 5.14. The molecule has 1 aliphatic rings. The summed E-state index contributed by atoms with van der Waals surface area (Å²) in [5, 5.41) is 4.34. The lowest BCUT2D eigenvalue weighted by molar-refractivity contribution is 0.266. The molecule has 2 heterocycles. The Hall–Kier alpha value is -2.34. The summed E-state index contributed by atoms with van der Waals surface area (Å²) in [7, 11) is 0. The molecule has 0 unspecified atom stereocenters. The van der Waals surface area contributed by atoms with Crippen LogP contribution in [0.25, 0.3) is 11.0 Å². The second-order valence-corrected chi connectivity index (χ2v) is 6.17. The zero-order valence-corrected chi connectivity index (χ0v) is 12.2. The molecular formula is C16H11FN2O2S. The van der Waals surface area contributed by atoms with Crippen LogP contribution in [0, 0.1) is 5.82 Å². The largest absolute Gasteiger partial charge is 0.351 e. The predicted molar refractivity (Wildman–Crippen MR) is 83.5 cm³/mol. The smallest absolute Gasteiger partial charge is 0.288 e. The number of para-hydroxylation sites is 1. The number of benzene rings is 2. The second-order valence-electron chi connectivity index (χ2n) is 5.02. The third-order valence-corrected chi connectivity index (χ3v) is 4.80. The van der Waals surface area contributed by atoms with Crippen molar-refractivity contribution in [3.63, 3.8) is 0 Å². The van der Waals surface area contributed by atoms with E-state index in [0.717, 1.165) is 5.56 Å². The zero-order chi connectivity index (χ0) is 15.1. The highest BCUT2D eigenvalue weighted by Crippen LogP contribution is 2.41. The number of rotatable bonds is 2. The van der Waals surface area contributed by atoms with Crippen LogP contribution in [-0.4, -0.2) is 16.9 Å². The number of thioether (sulfide) groups is 1. The van der Waals surface area contributed by atoms with Crippen molar-refractivity contribution >= 4 is 33.8 Å². The van der Waals surface area contributed by atoms with Gasteiger partial charge in [-0.1, -0.05) is 53.3 Å². The van der Waals surface area contributed by atoms with E-state index in [1.807, 2.05) is 30.3 Å². The summed E-state index contributed by atoms with van der Waals surface area (Å²) in [5.74, 6) is -0.0967. The van der Waals surface area contributed by atoms with Crippen LogP contribution in [0.3, 0.4) is 0 Å². The number of hydrogen-bond acceptors (Lipinski definition) is 4. The highest BCUT2D eigenvalue weighted by atomic mass is 32.2. The first-order valence-electron chi connectivity index (χ1n) is 6.81. The average molecular weight is 314 g/mol. The van der Waals surface area contributed by atoms with Crippen molar-refractivity contribution in [3.8, 4) is 0 Å². The van der Waals surface area contributed by atoms with Gasteiger partial charge in [0, 0.05) is 6.54 Å². The van der Waals surface area contributed by atoms with Crippen molar-refractivity contribution in [3.05, 3.63) is 59.9 Å². The van der Waals surface area contributed by atoms with E-state index in [4.69, 9.17) is 4.52 Å². The molecule has 0 aliphatic carbocycles. The minimum absolute atomic E-state index is 0.0361. The number of aromatic nitrogens is 1. The molecule has 0 bridgehead atoms. The Morgan fingerprint density at radius 1 is 1.18 bits per heavy atom. The number of halogens is 1. The van der Waals surface area contributed by atoms with Crippen LogP contribution in [0.1, 0.15) is 10.8 Å². The first-order valence-corrected chi connectivity index (χ1v) is 7.69. The molecule has 3 aromatic rings. The molecule has 0 N–H and O–H groups in total. The molecule has 1 aromatic heterocycles. The van der Waals surface area contributed by atoms with Gasteiger partial charge in [-0.2, -0.15) is 0 Å². The summed E-state index contributed by atoms with van der Waals surface area (Å²) < 4.78 is 18.7. The van der Waals surface area contributed by atoms with Crippen LogP contribution in [0.2, 0.25) is 0 Å². The van der Waals surface area contributed by atoms with Gasteiger partial charge in [-0.15, -0.1) is 0 Å². The molecule has 1 aliphatic heterocycles. The highest BCUT2D eigenvalue weighted by Gasteiger charge is 2.35. The summed E-state index contributed by atoms with van der Waals surface area (Å²) in [6.45, 7) is 0.492. The van der Waals surface area contributed by atoms with Crippen molar-refractivity contribution in [2.45, 2.75) is 5.25 Å². The van der Waals surface area contributed by atoms with E-state index in [0.29, 0.717) is 17.7 Å². The van der Waals surface area contributed by atoms with E-state index >= 15 is 0 Å². The third kappa shape index (κ3) is 2.07. The zero-order valence-electron chi connectivity index (χ0n) is 11.4. The molecule has 2 aromatic carbocycles. The topological polar surface area (TPSA) is 46.3 Å². The molecule has 22 heavy (non-hydrogen) atoms. The minimum Gasteiger partial charge on any atom is -0.351 e. The fourth-order valence-electron chi connectivity index (χ4n) is 2.59. The number of anilines is 1. The van der Waals surface area contributed by atoms with Crippen LogP contribution in [-0.2, 0) is 0 Å². The summed E-state index contributed by atoms with van der Waals surface area (Å²) in [6, 6.07) is 14.4. The van der Waals surface area contributed by atoms with Gasteiger partial charge in [-0.3, -0.25) is 9.69 Å². The molecule has 1 atom stereocenters. The molecule has 4 nitrogen and oxygen atoms in total. The average Bonchev–Trinajstić information content (AvgIpc) is 3.12. The molecule has 1 saturated heterocycles. The predicted octanol–water partition coefficient (Wildman–Crippen LogP) is 4.38. The lowest BCUT2D eigenvalue weighted by Crippen LogP contribution is -2.23. The van der Waals surface area contributed by atoms with E-state index in [9.17, 15) is 9.18 Å². The van der Waals surface area contributed by atoms with Gasteiger partial charge in [0.05, 0.1) is 10.6 Å². The van der Waals surface area contributed by atoms with Crippen LogP contribution < -0.4 is 4.90 Å². The molecule has 0 saturated carbocycles. The van der Waals surface area contributed by atoms with E-state index in [1.165, 1.54) is 17.8 Å². The summed E-state index contributed by atoms with van der Waals surface area (Å²) in [5.41, 5.74) is 1.17. The van der Waals surface area contributed by atoms with Gasteiger partial charge in [0.2, 0.25) is 5.58 Å². The van der Waals surface area contributed by atoms with Crippen LogP contribution in [0.15, 0.2) is 53.1 Å². The van der Waals surface area contributed by atoms with Gasteiger partial charge < -0.3 is 4.52 Å². The number of hydrogen-bond donors (Lipinski definition) is 0. The number of fused-ring (bicyclic) bond motifs is 1.